The Morgan fingerprint density at radius 3 is 2.51 bits per heavy atom. The maximum atomic E-state index is 12.8. The molecule has 0 saturated carbocycles. The minimum absolute atomic E-state index is 0.0387. The number of carbonyl (C=O) groups excluding carboxylic acids is 1. The highest BCUT2D eigenvalue weighted by Crippen LogP contribution is 2.37. The van der Waals surface area contributed by atoms with E-state index < -0.39 is 23.0 Å². The van der Waals surface area contributed by atoms with Crippen molar-refractivity contribution in [3.8, 4) is 5.75 Å². The van der Waals surface area contributed by atoms with Crippen LogP contribution in [0.1, 0.15) is 72.8 Å². The van der Waals surface area contributed by atoms with Crippen LogP contribution in [-0.4, -0.2) is 33.6 Å². The highest BCUT2D eigenvalue weighted by molar-refractivity contribution is 5.75. The summed E-state index contributed by atoms with van der Waals surface area (Å²) < 4.78 is 8.03. The first-order valence-electron chi connectivity index (χ1n) is 12.9. The smallest absolute Gasteiger partial charge is 0.250 e. The number of piperidine rings is 1. The quantitative estimate of drug-likeness (QED) is 0.511. The third kappa shape index (κ3) is 5.11. The van der Waals surface area contributed by atoms with Crippen molar-refractivity contribution in [1.29, 1.82) is 0 Å². The second-order valence-electron chi connectivity index (χ2n) is 10.7. The molecule has 2 bridgehead atoms. The van der Waals surface area contributed by atoms with Crippen molar-refractivity contribution < 1.29 is 14.3 Å². The standard InChI is InChI=1S/C29H33N3O5/c1-17(2)19-6-8-20(9-7-19)23(12-26(30)34)29-28(36)25(33)11-22(37-29)16-31-13-18-10-21(15-31)24-4-3-5-27(35)32(24)14-18/h3-9,11,17-18,21,23,36H,10,12-16H2,1-2H3,(H2,30,34)/t18-,21+,23-/m1/s1. The normalized spacial score (nSPS) is 20.0. The number of amides is 1. The van der Waals surface area contributed by atoms with E-state index in [4.69, 9.17) is 10.2 Å². The predicted molar refractivity (Wildman–Crippen MR) is 140 cm³/mol. The molecule has 0 spiro atoms. The van der Waals surface area contributed by atoms with Crippen LogP contribution in [0.4, 0.5) is 0 Å². The van der Waals surface area contributed by atoms with E-state index in [0.29, 0.717) is 30.7 Å². The molecule has 0 unspecified atom stereocenters. The highest BCUT2D eigenvalue weighted by atomic mass is 16.4. The fourth-order valence-electron chi connectivity index (χ4n) is 5.89. The predicted octanol–water partition coefficient (Wildman–Crippen LogP) is 3.26. The van der Waals surface area contributed by atoms with Crippen molar-refractivity contribution >= 4 is 5.91 Å². The van der Waals surface area contributed by atoms with E-state index in [1.807, 2.05) is 41.0 Å². The van der Waals surface area contributed by atoms with Crippen LogP contribution in [-0.2, 0) is 17.9 Å². The number of hydrogen-bond donors (Lipinski definition) is 2. The summed E-state index contributed by atoms with van der Waals surface area (Å²) in [4.78, 5) is 39.3. The molecule has 2 aliphatic rings. The van der Waals surface area contributed by atoms with Crippen LogP contribution in [0.25, 0.3) is 0 Å². The molecule has 1 amide bonds. The summed E-state index contributed by atoms with van der Waals surface area (Å²) in [6.07, 6.45) is 0.929. The lowest BCUT2D eigenvalue weighted by molar-refractivity contribution is -0.118. The number of carbonyl (C=O) groups is 1. The average molecular weight is 504 g/mol. The maximum absolute atomic E-state index is 12.8. The molecule has 3 aromatic rings. The van der Waals surface area contributed by atoms with Gasteiger partial charge in [-0.05, 0) is 35.4 Å². The van der Waals surface area contributed by atoms with Gasteiger partial charge >= 0.3 is 0 Å². The Labute approximate surface area is 215 Å². The Morgan fingerprint density at radius 2 is 1.81 bits per heavy atom. The van der Waals surface area contributed by atoms with Crippen molar-refractivity contribution in [3.63, 3.8) is 0 Å². The Morgan fingerprint density at radius 1 is 1.08 bits per heavy atom. The Kier molecular flexibility index (Phi) is 6.77. The molecular weight excluding hydrogens is 470 g/mol. The number of nitrogens with two attached hydrogens (primary N) is 1. The minimum Gasteiger partial charge on any atom is -0.502 e. The van der Waals surface area contributed by atoms with Gasteiger partial charge in [0.2, 0.25) is 17.1 Å². The molecule has 2 aromatic heterocycles. The van der Waals surface area contributed by atoms with Crippen LogP contribution in [0.2, 0.25) is 0 Å². The van der Waals surface area contributed by atoms with Crippen LogP contribution >= 0.6 is 0 Å². The lowest BCUT2D eigenvalue weighted by Crippen LogP contribution is -2.46. The van der Waals surface area contributed by atoms with Gasteiger partial charge in [0.25, 0.3) is 5.56 Å². The number of fused-ring (bicyclic) bond motifs is 4. The highest BCUT2D eigenvalue weighted by Gasteiger charge is 2.35. The first kappa shape index (κ1) is 25.0. The van der Waals surface area contributed by atoms with Crippen molar-refractivity contribution in [2.45, 2.75) is 57.5 Å². The van der Waals surface area contributed by atoms with Gasteiger partial charge in [0.15, 0.2) is 5.76 Å². The fraction of sp³-hybridized carbons (Fsp3) is 0.414. The van der Waals surface area contributed by atoms with E-state index in [1.165, 1.54) is 6.07 Å². The average Bonchev–Trinajstić information content (AvgIpc) is 2.85. The molecule has 2 aliphatic heterocycles. The molecule has 194 valence electrons. The minimum atomic E-state index is -0.675. The number of primary amides is 1. The molecule has 1 aromatic carbocycles. The van der Waals surface area contributed by atoms with Crippen LogP contribution in [0.5, 0.6) is 5.75 Å². The van der Waals surface area contributed by atoms with Gasteiger partial charge < -0.3 is 19.8 Å². The van der Waals surface area contributed by atoms with Crippen molar-refractivity contribution in [2.75, 3.05) is 13.1 Å². The molecule has 37 heavy (non-hydrogen) atoms. The second-order valence-corrected chi connectivity index (χ2v) is 10.7. The number of pyridine rings is 1. The maximum Gasteiger partial charge on any atom is 0.250 e. The van der Waals surface area contributed by atoms with Crippen LogP contribution in [0.3, 0.4) is 0 Å². The van der Waals surface area contributed by atoms with Gasteiger partial charge in [-0.3, -0.25) is 19.3 Å². The van der Waals surface area contributed by atoms with Gasteiger partial charge in [-0.15, -0.1) is 0 Å². The van der Waals surface area contributed by atoms with Gasteiger partial charge in [-0.2, -0.15) is 0 Å². The molecular formula is C29H33N3O5. The van der Waals surface area contributed by atoms with E-state index in [9.17, 15) is 19.5 Å². The summed E-state index contributed by atoms with van der Waals surface area (Å²) in [6, 6.07) is 14.5. The molecule has 0 radical (unpaired) electrons. The number of aromatic nitrogens is 1. The van der Waals surface area contributed by atoms with Gasteiger partial charge in [0, 0.05) is 49.8 Å². The van der Waals surface area contributed by atoms with E-state index >= 15 is 0 Å². The zero-order valence-corrected chi connectivity index (χ0v) is 21.2. The molecule has 3 N–H and O–H groups in total. The van der Waals surface area contributed by atoms with Crippen LogP contribution < -0.4 is 16.7 Å². The SMILES string of the molecule is CC(C)c1ccc([C@@H](CC(N)=O)c2oc(CN3C[C@H]4C[C@@H](C3)c3cccc(=O)n3C4)cc(=O)c2O)cc1. The summed E-state index contributed by atoms with van der Waals surface area (Å²) in [5.41, 5.74) is 7.98. The van der Waals surface area contributed by atoms with Crippen molar-refractivity contribution in [2.24, 2.45) is 11.7 Å². The first-order chi connectivity index (χ1) is 17.7. The fourth-order valence-corrected chi connectivity index (χ4v) is 5.89. The molecule has 8 nitrogen and oxygen atoms in total. The Balaban J connectivity index is 1.44. The molecule has 8 heteroatoms. The summed E-state index contributed by atoms with van der Waals surface area (Å²) in [7, 11) is 0. The largest absolute Gasteiger partial charge is 0.502 e. The van der Waals surface area contributed by atoms with Crippen LogP contribution in [0, 0.1) is 5.92 Å². The Hall–Kier alpha value is -3.65. The summed E-state index contributed by atoms with van der Waals surface area (Å²) in [5.74, 6) is -0.332. The molecule has 1 saturated heterocycles. The van der Waals surface area contributed by atoms with Crippen molar-refractivity contribution in [3.05, 3.63) is 97.4 Å². The molecule has 4 heterocycles. The summed E-state index contributed by atoms with van der Waals surface area (Å²) >= 11 is 0. The Bertz CT molecular complexity index is 1420. The molecule has 0 aliphatic carbocycles. The number of aromatic hydroxyl groups is 1. The lowest BCUT2D eigenvalue weighted by atomic mass is 9.83. The third-order valence-electron chi connectivity index (χ3n) is 7.66. The monoisotopic (exact) mass is 503 g/mol. The van der Waals surface area contributed by atoms with Crippen LogP contribution in [0.15, 0.2) is 62.5 Å². The van der Waals surface area contributed by atoms with Gasteiger partial charge in [-0.1, -0.05) is 44.2 Å². The summed E-state index contributed by atoms with van der Waals surface area (Å²) in [5, 5.41) is 10.7. The van der Waals surface area contributed by atoms with E-state index in [-0.39, 0.29) is 23.7 Å². The lowest BCUT2D eigenvalue weighted by Gasteiger charge is -2.42. The van der Waals surface area contributed by atoms with E-state index in [2.05, 4.69) is 18.7 Å². The van der Waals surface area contributed by atoms with Gasteiger partial charge in [0.1, 0.15) is 5.76 Å². The van der Waals surface area contributed by atoms with Gasteiger partial charge in [0.05, 0.1) is 12.5 Å². The molecule has 3 atom stereocenters. The number of nitrogens with zero attached hydrogens (tertiary/aromatic N) is 2. The topological polar surface area (TPSA) is 119 Å². The second kappa shape index (κ2) is 10.0. The number of rotatable bonds is 7. The van der Waals surface area contributed by atoms with E-state index in [1.54, 1.807) is 6.07 Å². The third-order valence-corrected chi connectivity index (χ3v) is 7.66. The number of likely N-dealkylation sites (tertiary alicyclic amines) is 1. The molecule has 1 fully saturated rings. The zero-order chi connectivity index (χ0) is 26.3. The van der Waals surface area contributed by atoms with E-state index in [0.717, 1.165) is 36.3 Å². The number of benzene rings is 1. The summed E-state index contributed by atoms with van der Waals surface area (Å²) in [6.45, 7) is 6.77. The van der Waals surface area contributed by atoms with Crippen molar-refractivity contribution in [1.82, 2.24) is 9.47 Å². The number of hydrogen-bond acceptors (Lipinski definition) is 6. The zero-order valence-electron chi connectivity index (χ0n) is 21.2. The molecule has 5 rings (SSSR count). The first-order valence-corrected chi connectivity index (χ1v) is 12.9. The van der Waals surface area contributed by atoms with Gasteiger partial charge in [-0.25, -0.2) is 0 Å².